The second-order valence-electron chi connectivity index (χ2n) is 4.84. The van der Waals surface area contributed by atoms with Gasteiger partial charge in [0.25, 0.3) is 0 Å². The number of H-pyrrole nitrogens is 1. The van der Waals surface area contributed by atoms with Crippen molar-refractivity contribution in [2.75, 3.05) is 5.32 Å². The van der Waals surface area contributed by atoms with E-state index in [9.17, 15) is 0 Å². The lowest BCUT2D eigenvalue weighted by Gasteiger charge is -2.03. The minimum absolute atomic E-state index is 1.05. The zero-order chi connectivity index (χ0) is 13.9. The molecule has 1 heterocycles. The molecule has 3 aromatic rings. The number of benzene rings is 2. The van der Waals surface area contributed by atoms with Gasteiger partial charge in [-0.15, -0.1) is 0 Å². The van der Waals surface area contributed by atoms with Crippen LogP contribution in [-0.4, -0.2) is 0 Å². The second kappa shape index (κ2) is 5.47. The third-order valence-corrected chi connectivity index (χ3v) is 4.27. The van der Waals surface area contributed by atoms with Crippen LogP contribution in [0.3, 0.4) is 0 Å². The zero-order valence-electron chi connectivity index (χ0n) is 11.6. The normalized spacial score (nSPS) is 10.5. The summed E-state index contributed by atoms with van der Waals surface area (Å²) in [4.78, 5) is 3.43. The number of aromatic nitrogens is 1. The number of rotatable bonds is 3. The summed E-state index contributed by atoms with van der Waals surface area (Å²) in [7, 11) is 0. The van der Waals surface area contributed by atoms with Crippen LogP contribution in [0.5, 0.6) is 0 Å². The van der Waals surface area contributed by atoms with Crippen molar-refractivity contribution in [3.63, 3.8) is 0 Å². The molecule has 0 radical (unpaired) electrons. The molecule has 0 atom stereocenters. The Morgan fingerprint density at radius 2 is 1.75 bits per heavy atom. The van der Waals surface area contributed by atoms with E-state index in [-0.39, 0.29) is 0 Å². The summed E-state index contributed by atoms with van der Waals surface area (Å²) in [5.74, 6) is 0. The number of anilines is 2. The fourth-order valence-corrected chi connectivity index (χ4v) is 2.90. The van der Waals surface area contributed by atoms with Crippen molar-refractivity contribution in [1.29, 1.82) is 0 Å². The molecule has 0 saturated carbocycles. The number of aromatic amines is 1. The molecule has 2 aromatic carbocycles. The van der Waals surface area contributed by atoms with Crippen molar-refractivity contribution in [3.8, 4) is 11.3 Å². The van der Waals surface area contributed by atoms with Gasteiger partial charge in [0.2, 0.25) is 0 Å². The number of hydrogen-bond acceptors (Lipinski definition) is 2. The van der Waals surface area contributed by atoms with Crippen LogP contribution in [0.15, 0.2) is 53.9 Å². The van der Waals surface area contributed by atoms with Gasteiger partial charge in [-0.25, -0.2) is 10.3 Å². The van der Waals surface area contributed by atoms with Gasteiger partial charge in [0.15, 0.2) is 0 Å². The van der Waals surface area contributed by atoms with Crippen LogP contribution in [0.25, 0.3) is 11.3 Å². The number of thiazole rings is 1. The van der Waals surface area contributed by atoms with Crippen molar-refractivity contribution >= 4 is 22.2 Å². The van der Waals surface area contributed by atoms with E-state index in [2.05, 4.69) is 72.0 Å². The molecule has 0 aliphatic carbocycles. The Balaban J connectivity index is 1.86. The van der Waals surface area contributed by atoms with Gasteiger partial charge in [-0.3, -0.25) is 0 Å². The van der Waals surface area contributed by atoms with E-state index >= 15 is 0 Å². The van der Waals surface area contributed by atoms with Gasteiger partial charge in [-0.05, 0) is 31.0 Å². The molecule has 3 heteroatoms. The summed E-state index contributed by atoms with van der Waals surface area (Å²) in [6.45, 7) is 4.28. The number of aryl methyl sites for hydroxylation is 1. The lowest BCUT2D eigenvalue weighted by molar-refractivity contribution is -0.340. The molecular weight excluding hydrogens is 264 g/mol. The topological polar surface area (TPSA) is 26.2 Å². The van der Waals surface area contributed by atoms with Gasteiger partial charge >= 0.3 is 5.13 Å². The summed E-state index contributed by atoms with van der Waals surface area (Å²) in [5.41, 5.74) is 6.09. The highest BCUT2D eigenvalue weighted by Crippen LogP contribution is 2.25. The molecule has 0 spiro atoms. The quantitative estimate of drug-likeness (QED) is 0.746. The zero-order valence-corrected chi connectivity index (χ0v) is 12.4. The fraction of sp³-hybridized carbons (Fsp3) is 0.118. The Kier molecular flexibility index (Phi) is 3.52. The first kappa shape index (κ1) is 12.9. The van der Waals surface area contributed by atoms with Crippen LogP contribution in [0.4, 0.5) is 10.8 Å². The predicted molar refractivity (Wildman–Crippen MR) is 85.5 cm³/mol. The maximum atomic E-state index is 3.47. The van der Waals surface area contributed by atoms with Gasteiger partial charge in [0, 0.05) is 10.9 Å². The highest BCUT2D eigenvalue weighted by Gasteiger charge is 2.12. The molecule has 1 aromatic heterocycles. The van der Waals surface area contributed by atoms with E-state index in [4.69, 9.17) is 0 Å². The third kappa shape index (κ3) is 2.58. The maximum Gasteiger partial charge on any atom is 0.337 e. The van der Waals surface area contributed by atoms with Crippen molar-refractivity contribution in [1.82, 2.24) is 0 Å². The second-order valence-corrected chi connectivity index (χ2v) is 5.72. The first-order valence-electron chi connectivity index (χ1n) is 6.63. The monoisotopic (exact) mass is 281 g/mol. The summed E-state index contributed by atoms with van der Waals surface area (Å²) < 4.78 is 0. The molecule has 3 rings (SSSR count). The van der Waals surface area contributed by atoms with E-state index in [0.29, 0.717) is 0 Å². The van der Waals surface area contributed by atoms with Crippen molar-refractivity contribution in [2.45, 2.75) is 13.8 Å². The van der Waals surface area contributed by atoms with E-state index in [0.717, 1.165) is 16.5 Å². The Morgan fingerprint density at radius 3 is 2.55 bits per heavy atom. The average Bonchev–Trinajstić information content (AvgIpc) is 2.93. The van der Waals surface area contributed by atoms with Crippen molar-refractivity contribution in [3.05, 3.63) is 65.0 Å². The molecule has 0 saturated heterocycles. The summed E-state index contributed by atoms with van der Waals surface area (Å²) in [5, 5.41) is 6.66. The van der Waals surface area contributed by atoms with Crippen LogP contribution in [0.1, 0.15) is 11.1 Å². The predicted octanol–water partition coefficient (Wildman–Crippen LogP) is 4.59. The van der Waals surface area contributed by atoms with Gasteiger partial charge in [-0.2, -0.15) is 0 Å². The lowest BCUT2D eigenvalue weighted by atomic mass is 10.1. The highest BCUT2D eigenvalue weighted by atomic mass is 32.1. The number of nitrogens with one attached hydrogen (secondary N) is 2. The van der Waals surface area contributed by atoms with Crippen LogP contribution in [0, 0.1) is 13.8 Å². The Bertz CT molecular complexity index is 717. The first-order chi connectivity index (χ1) is 9.74. The van der Waals surface area contributed by atoms with Gasteiger partial charge < -0.3 is 0 Å². The number of hydrogen-bond donors (Lipinski definition) is 1. The van der Waals surface area contributed by atoms with Gasteiger partial charge in [0.1, 0.15) is 11.4 Å². The lowest BCUT2D eigenvalue weighted by Crippen LogP contribution is -2.08. The van der Waals surface area contributed by atoms with Gasteiger partial charge in [0.05, 0.1) is 0 Å². The van der Waals surface area contributed by atoms with Crippen LogP contribution >= 0.6 is 11.3 Å². The minimum atomic E-state index is 1.05. The van der Waals surface area contributed by atoms with E-state index in [1.165, 1.54) is 16.7 Å². The van der Waals surface area contributed by atoms with Crippen molar-refractivity contribution in [2.24, 2.45) is 0 Å². The molecule has 20 heavy (non-hydrogen) atoms. The fourth-order valence-electron chi connectivity index (χ4n) is 2.13. The molecule has 0 bridgehead atoms. The molecule has 2 N–H and O–H groups in total. The SMILES string of the molecule is Cc1cccc(Nc2[nH+]c(-c3ccccc3)cs2)c1C. The van der Waals surface area contributed by atoms with E-state index in [1.54, 1.807) is 11.3 Å². The Labute approximate surface area is 123 Å². The summed E-state index contributed by atoms with van der Waals surface area (Å²) in [6.07, 6.45) is 0. The van der Waals surface area contributed by atoms with Crippen molar-refractivity contribution < 1.29 is 4.98 Å². The standard InChI is InChI=1S/C17H16N2S/c1-12-7-6-10-15(13(12)2)18-17-19-16(11-20-17)14-8-4-3-5-9-14/h3-11H,1-2H3,(H,18,19)/p+1. The first-order valence-corrected chi connectivity index (χ1v) is 7.51. The summed E-state index contributed by atoms with van der Waals surface area (Å²) >= 11 is 1.69. The van der Waals surface area contributed by atoms with E-state index < -0.39 is 0 Å². The van der Waals surface area contributed by atoms with Crippen LogP contribution < -0.4 is 10.3 Å². The smallest absolute Gasteiger partial charge is 0.231 e. The maximum absolute atomic E-state index is 3.47. The summed E-state index contributed by atoms with van der Waals surface area (Å²) in [6, 6.07) is 16.7. The molecule has 2 nitrogen and oxygen atoms in total. The Hall–Kier alpha value is -2.13. The molecule has 0 unspecified atom stereocenters. The third-order valence-electron chi connectivity index (χ3n) is 3.48. The van der Waals surface area contributed by atoms with Gasteiger partial charge in [-0.1, -0.05) is 53.8 Å². The molecule has 0 amide bonds. The molecular formula is C17H17N2S+. The molecule has 0 fully saturated rings. The van der Waals surface area contributed by atoms with Crippen LogP contribution in [0.2, 0.25) is 0 Å². The Morgan fingerprint density at radius 1 is 0.950 bits per heavy atom. The highest BCUT2D eigenvalue weighted by molar-refractivity contribution is 7.13. The minimum Gasteiger partial charge on any atom is -0.231 e. The molecule has 0 aliphatic rings. The molecule has 0 aliphatic heterocycles. The largest absolute Gasteiger partial charge is 0.337 e. The van der Waals surface area contributed by atoms with Crippen LogP contribution in [-0.2, 0) is 0 Å². The molecule has 100 valence electrons. The van der Waals surface area contributed by atoms with E-state index in [1.807, 2.05) is 6.07 Å². The average molecular weight is 281 g/mol.